The monoisotopic (exact) mass is 626 g/mol. The molecule has 2 aromatic heterocycles. The van der Waals surface area contributed by atoms with Crippen molar-refractivity contribution in [1.82, 2.24) is 9.97 Å². The third kappa shape index (κ3) is 5.38. The molecule has 9 rings (SSSR count). The quantitative estimate of drug-likeness (QED) is 0.184. The fourth-order valence-corrected chi connectivity index (χ4v) is 6.81. The van der Waals surface area contributed by atoms with Crippen molar-refractivity contribution in [2.24, 2.45) is 0 Å². The Morgan fingerprint density at radius 1 is 0.388 bits per heavy atom. The number of para-hydroxylation sites is 1. The van der Waals surface area contributed by atoms with E-state index < -0.39 is 0 Å². The first-order valence-corrected chi connectivity index (χ1v) is 16.5. The number of hydrogen-bond donors (Lipinski definition) is 0. The van der Waals surface area contributed by atoms with Crippen molar-refractivity contribution in [3.63, 3.8) is 0 Å². The van der Waals surface area contributed by atoms with Gasteiger partial charge in [0.2, 0.25) is 0 Å². The van der Waals surface area contributed by atoms with E-state index in [0.717, 1.165) is 61.4 Å². The standard InChI is InChI=1S/C46H30N2O/c1-3-10-31(11-4-1)38-28-42(35-13-5-2-6-14-35)48-43(29-38)36-22-24-37(25-23-36)45-39-15-8-7-12-32(39)26-27-40(45)33-18-20-34(21-19-33)41-16-9-17-44-46(41)47-30-49-44/h1-30H. The van der Waals surface area contributed by atoms with E-state index >= 15 is 0 Å². The molecule has 0 aliphatic carbocycles. The molecule has 0 N–H and O–H groups in total. The van der Waals surface area contributed by atoms with Gasteiger partial charge in [0.1, 0.15) is 5.52 Å². The number of aromatic nitrogens is 2. The molecular formula is C46H30N2O. The Morgan fingerprint density at radius 2 is 0.980 bits per heavy atom. The van der Waals surface area contributed by atoms with Crippen molar-refractivity contribution >= 4 is 21.9 Å². The highest BCUT2D eigenvalue weighted by Crippen LogP contribution is 2.40. The molecule has 0 saturated carbocycles. The Labute approximate surface area is 284 Å². The maximum absolute atomic E-state index is 5.55. The fraction of sp³-hybridized carbons (Fsp3) is 0. The van der Waals surface area contributed by atoms with Gasteiger partial charge in [-0.25, -0.2) is 9.97 Å². The maximum Gasteiger partial charge on any atom is 0.182 e. The lowest BCUT2D eigenvalue weighted by Gasteiger charge is -2.16. The highest BCUT2D eigenvalue weighted by Gasteiger charge is 2.15. The van der Waals surface area contributed by atoms with E-state index in [1.54, 1.807) is 0 Å². The summed E-state index contributed by atoms with van der Waals surface area (Å²) in [6.07, 6.45) is 1.51. The van der Waals surface area contributed by atoms with Gasteiger partial charge < -0.3 is 4.42 Å². The molecule has 0 radical (unpaired) electrons. The highest BCUT2D eigenvalue weighted by molar-refractivity contribution is 6.04. The zero-order valence-corrected chi connectivity index (χ0v) is 26.6. The number of fused-ring (bicyclic) bond motifs is 2. The average molecular weight is 627 g/mol. The third-order valence-electron chi connectivity index (χ3n) is 9.27. The normalized spacial score (nSPS) is 11.3. The molecule has 0 fully saturated rings. The zero-order valence-electron chi connectivity index (χ0n) is 26.6. The van der Waals surface area contributed by atoms with E-state index in [4.69, 9.17) is 9.40 Å². The Kier molecular flexibility index (Phi) is 7.14. The van der Waals surface area contributed by atoms with E-state index in [0.29, 0.717) is 0 Å². The Balaban J connectivity index is 1.14. The average Bonchev–Trinajstić information content (AvgIpc) is 3.68. The van der Waals surface area contributed by atoms with Crippen molar-refractivity contribution in [2.75, 3.05) is 0 Å². The first-order valence-electron chi connectivity index (χ1n) is 16.5. The van der Waals surface area contributed by atoms with E-state index in [-0.39, 0.29) is 0 Å². The van der Waals surface area contributed by atoms with E-state index in [1.165, 1.54) is 33.9 Å². The highest BCUT2D eigenvalue weighted by atomic mass is 16.3. The summed E-state index contributed by atoms with van der Waals surface area (Å²) in [5.74, 6) is 0. The van der Waals surface area contributed by atoms with E-state index in [2.05, 4.69) is 163 Å². The van der Waals surface area contributed by atoms with Gasteiger partial charge in [-0.15, -0.1) is 0 Å². The largest absolute Gasteiger partial charge is 0.443 e. The van der Waals surface area contributed by atoms with Gasteiger partial charge in [-0.1, -0.05) is 158 Å². The number of benzene rings is 7. The van der Waals surface area contributed by atoms with Gasteiger partial charge >= 0.3 is 0 Å². The van der Waals surface area contributed by atoms with Gasteiger partial charge in [0.15, 0.2) is 12.0 Å². The molecule has 0 aliphatic rings. The zero-order chi connectivity index (χ0) is 32.6. The Hall–Kier alpha value is -6.58. The van der Waals surface area contributed by atoms with Gasteiger partial charge in [-0.2, -0.15) is 0 Å². The molecular weight excluding hydrogens is 597 g/mol. The lowest BCUT2D eigenvalue weighted by atomic mass is 9.88. The second-order valence-electron chi connectivity index (χ2n) is 12.2. The van der Waals surface area contributed by atoms with Crippen molar-refractivity contribution in [1.29, 1.82) is 0 Å². The lowest BCUT2D eigenvalue weighted by Crippen LogP contribution is -1.92. The van der Waals surface area contributed by atoms with E-state index in [1.807, 2.05) is 18.2 Å². The molecule has 7 aromatic carbocycles. The summed E-state index contributed by atoms with van der Waals surface area (Å²) < 4.78 is 5.55. The molecule has 0 bridgehead atoms. The van der Waals surface area contributed by atoms with Crippen LogP contribution in [0.3, 0.4) is 0 Å². The van der Waals surface area contributed by atoms with Crippen molar-refractivity contribution in [3.05, 3.63) is 182 Å². The van der Waals surface area contributed by atoms with E-state index in [9.17, 15) is 0 Å². The molecule has 9 aromatic rings. The Bertz CT molecular complexity index is 2510. The summed E-state index contributed by atoms with van der Waals surface area (Å²) in [4.78, 5) is 9.62. The SMILES string of the molecule is c1ccc(-c2cc(-c3ccccc3)nc(-c3ccc(-c4c(-c5ccc(-c6cccc7ocnc67)cc5)ccc5ccccc45)cc3)c2)cc1. The molecule has 3 nitrogen and oxygen atoms in total. The molecule has 3 heteroatoms. The summed E-state index contributed by atoms with van der Waals surface area (Å²) in [6, 6.07) is 62.1. The van der Waals surface area contributed by atoms with Crippen molar-refractivity contribution in [3.8, 4) is 67.0 Å². The van der Waals surface area contributed by atoms with Crippen LogP contribution in [0.25, 0.3) is 88.9 Å². The van der Waals surface area contributed by atoms with Crippen LogP contribution in [-0.4, -0.2) is 9.97 Å². The number of hydrogen-bond acceptors (Lipinski definition) is 3. The number of rotatable bonds is 6. The second-order valence-corrected chi connectivity index (χ2v) is 12.2. The molecule has 0 aliphatic heterocycles. The lowest BCUT2D eigenvalue weighted by molar-refractivity contribution is 0.602. The van der Waals surface area contributed by atoms with Crippen LogP contribution in [0.2, 0.25) is 0 Å². The molecule has 230 valence electrons. The number of nitrogens with zero attached hydrogens (tertiary/aromatic N) is 2. The first-order chi connectivity index (χ1) is 24.3. The second kappa shape index (κ2) is 12.2. The van der Waals surface area contributed by atoms with Gasteiger partial charge in [0.25, 0.3) is 0 Å². The molecule has 49 heavy (non-hydrogen) atoms. The molecule has 0 amide bonds. The van der Waals surface area contributed by atoms with Gasteiger partial charge in [0.05, 0.1) is 11.4 Å². The third-order valence-corrected chi connectivity index (χ3v) is 9.27. The summed E-state index contributed by atoms with van der Waals surface area (Å²) >= 11 is 0. The molecule has 0 unspecified atom stereocenters. The summed E-state index contributed by atoms with van der Waals surface area (Å²) in [5.41, 5.74) is 15.0. The van der Waals surface area contributed by atoms with Gasteiger partial charge in [0, 0.05) is 16.7 Å². The molecule has 0 saturated heterocycles. The van der Waals surface area contributed by atoms with Crippen LogP contribution in [-0.2, 0) is 0 Å². The summed E-state index contributed by atoms with van der Waals surface area (Å²) in [6.45, 7) is 0. The van der Waals surface area contributed by atoms with Gasteiger partial charge in [-0.3, -0.25) is 0 Å². The topological polar surface area (TPSA) is 38.9 Å². The summed E-state index contributed by atoms with van der Waals surface area (Å²) in [7, 11) is 0. The van der Waals surface area contributed by atoms with Crippen molar-refractivity contribution < 1.29 is 4.42 Å². The summed E-state index contributed by atoms with van der Waals surface area (Å²) in [5, 5.41) is 2.43. The molecule has 2 heterocycles. The smallest absolute Gasteiger partial charge is 0.182 e. The molecule has 0 spiro atoms. The minimum absolute atomic E-state index is 0.792. The van der Waals surface area contributed by atoms with Crippen LogP contribution in [0.15, 0.2) is 187 Å². The minimum Gasteiger partial charge on any atom is -0.443 e. The van der Waals surface area contributed by atoms with Gasteiger partial charge in [-0.05, 0) is 67.9 Å². The Morgan fingerprint density at radius 3 is 1.71 bits per heavy atom. The first kappa shape index (κ1) is 28.6. The van der Waals surface area contributed by atoms with Crippen molar-refractivity contribution in [2.45, 2.75) is 0 Å². The van der Waals surface area contributed by atoms with Crippen LogP contribution < -0.4 is 0 Å². The van der Waals surface area contributed by atoms with Crippen LogP contribution in [0.4, 0.5) is 0 Å². The maximum atomic E-state index is 5.55. The molecule has 0 atom stereocenters. The van der Waals surface area contributed by atoms with Crippen LogP contribution in [0.1, 0.15) is 0 Å². The minimum atomic E-state index is 0.792. The van der Waals surface area contributed by atoms with Crippen LogP contribution >= 0.6 is 0 Å². The fourth-order valence-electron chi connectivity index (χ4n) is 6.81. The number of oxazole rings is 1. The predicted molar refractivity (Wildman–Crippen MR) is 202 cm³/mol. The van der Waals surface area contributed by atoms with Crippen LogP contribution in [0.5, 0.6) is 0 Å². The predicted octanol–water partition coefficient (Wildman–Crippen LogP) is 12.4. The van der Waals surface area contributed by atoms with Crippen LogP contribution in [0, 0.1) is 0 Å². The number of pyridine rings is 1.